The molecule has 0 fully saturated rings. The summed E-state index contributed by atoms with van der Waals surface area (Å²) in [7, 11) is 0. The number of halogens is 3. The van der Waals surface area contributed by atoms with Gasteiger partial charge in [0.1, 0.15) is 0 Å². The zero-order valence-corrected chi connectivity index (χ0v) is 8.05. The van der Waals surface area contributed by atoms with E-state index in [1.165, 1.54) is 6.07 Å². The SMILES string of the molecule is NN=Cc1c(I)ccc(F)c1F. The molecule has 0 saturated carbocycles. The zero-order valence-electron chi connectivity index (χ0n) is 5.89. The van der Waals surface area contributed by atoms with Crippen molar-refractivity contribution in [3.8, 4) is 0 Å². The van der Waals surface area contributed by atoms with E-state index in [2.05, 4.69) is 5.10 Å². The molecule has 0 atom stereocenters. The van der Waals surface area contributed by atoms with Crippen molar-refractivity contribution in [2.24, 2.45) is 10.9 Å². The van der Waals surface area contributed by atoms with E-state index < -0.39 is 11.6 Å². The minimum atomic E-state index is -0.920. The van der Waals surface area contributed by atoms with Crippen molar-refractivity contribution in [1.82, 2.24) is 0 Å². The molecule has 1 aromatic carbocycles. The number of hydrazone groups is 1. The highest BCUT2D eigenvalue weighted by Crippen LogP contribution is 2.16. The molecule has 0 bridgehead atoms. The highest BCUT2D eigenvalue weighted by atomic mass is 127. The van der Waals surface area contributed by atoms with Crippen molar-refractivity contribution >= 4 is 28.8 Å². The van der Waals surface area contributed by atoms with Gasteiger partial charge >= 0.3 is 0 Å². The highest BCUT2D eigenvalue weighted by Gasteiger charge is 2.09. The number of rotatable bonds is 1. The Morgan fingerprint density at radius 2 is 2.08 bits per heavy atom. The van der Waals surface area contributed by atoms with Gasteiger partial charge in [0, 0.05) is 9.13 Å². The van der Waals surface area contributed by atoms with Crippen LogP contribution in [0.15, 0.2) is 17.2 Å². The molecular weight excluding hydrogens is 277 g/mol. The third kappa shape index (κ3) is 1.71. The van der Waals surface area contributed by atoms with E-state index in [4.69, 9.17) is 5.84 Å². The highest BCUT2D eigenvalue weighted by molar-refractivity contribution is 14.1. The molecule has 2 nitrogen and oxygen atoms in total. The van der Waals surface area contributed by atoms with Gasteiger partial charge in [-0.05, 0) is 34.7 Å². The molecule has 64 valence electrons. The van der Waals surface area contributed by atoms with Gasteiger partial charge in [0.15, 0.2) is 11.6 Å². The summed E-state index contributed by atoms with van der Waals surface area (Å²) in [4.78, 5) is 0. The molecular formula is C7H5F2IN2. The zero-order chi connectivity index (χ0) is 9.14. The van der Waals surface area contributed by atoms with Crippen molar-refractivity contribution < 1.29 is 8.78 Å². The average molecular weight is 282 g/mol. The van der Waals surface area contributed by atoms with Crippen LogP contribution in [-0.2, 0) is 0 Å². The molecule has 12 heavy (non-hydrogen) atoms. The van der Waals surface area contributed by atoms with Crippen molar-refractivity contribution in [1.29, 1.82) is 0 Å². The molecule has 0 aromatic heterocycles. The first-order chi connectivity index (χ1) is 5.66. The topological polar surface area (TPSA) is 38.4 Å². The van der Waals surface area contributed by atoms with Gasteiger partial charge in [0.05, 0.1) is 6.21 Å². The van der Waals surface area contributed by atoms with Gasteiger partial charge < -0.3 is 5.84 Å². The smallest absolute Gasteiger partial charge is 0.168 e. The lowest BCUT2D eigenvalue weighted by Gasteiger charge is -1.99. The molecule has 0 heterocycles. The van der Waals surface area contributed by atoms with Gasteiger partial charge in [-0.3, -0.25) is 0 Å². The predicted octanol–water partition coefficient (Wildman–Crippen LogP) is 1.86. The molecule has 0 aliphatic heterocycles. The first-order valence-corrected chi connectivity index (χ1v) is 4.11. The molecule has 5 heteroatoms. The Hall–Kier alpha value is -0.720. The number of nitrogens with zero attached hydrogens (tertiary/aromatic N) is 1. The quantitative estimate of drug-likeness (QED) is 0.276. The third-order valence-electron chi connectivity index (χ3n) is 1.28. The summed E-state index contributed by atoms with van der Waals surface area (Å²) in [6.07, 6.45) is 1.08. The van der Waals surface area contributed by atoms with Crippen LogP contribution < -0.4 is 5.84 Å². The lowest BCUT2D eigenvalue weighted by molar-refractivity contribution is 0.506. The predicted molar refractivity (Wildman–Crippen MR) is 50.9 cm³/mol. The molecule has 0 aliphatic carbocycles. The second kappa shape index (κ2) is 3.79. The van der Waals surface area contributed by atoms with Gasteiger partial charge in [-0.25, -0.2) is 8.78 Å². The van der Waals surface area contributed by atoms with E-state index in [9.17, 15) is 8.78 Å². The van der Waals surface area contributed by atoms with Crippen LogP contribution in [0.5, 0.6) is 0 Å². The summed E-state index contributed by atoms with van der Waals surface area (Å²) in [5.74, 6) is 3.01. The van der Waals surface area contributed by atoms with Crippen molar-refractivity contribution in [2.45, 2.75) is 0 Å². The number of hydrogen-bond donors (Lipinski definition) is 1. The molecule has 1 aromatic rings. The summed E-state index contributed by atoms with van der Waals surface area (Å²) in [5.41, 5.74) is 0.0816. The van der Waals surface area contributed by atoms with Crippen LogP contribution in [0.4, 0.5) is 8.78 Å². The van der Waals surface area contributed by atoms with Crippen LogP contribution in [-0.4, -0.2) is 6.21 Å². The minimum Gasteiger partial charge on any atom is -0.323 e. The third-order valence-corrected chi connectivity index (χ3v) is 2.22. The molecule has 2 N–H and O–H groups in total. The normalized spacial score (nSPS) is 10.9. The Balaban J connectivity index is 3.32. The van der Waals surface area contributed by atoms with E-state index in [1.54, 1.807) is 0 Å². The monoisotopic (exact) mass is 282 g/mol. The standard InChI is InChI=1S/C7H5F2IN2/c8-5-1-2-6(10)4(3-12-11)7(5)9/h1-3H,11H2. The van der Waals surface area contributed by atoms with Crippen LogP contribution >= 0.6 is 22.6 Å². The van der Waals surface area contributed by atoms with Crippen molar-refractivity contribution in [3.63, 3.8) is 0 Å². The van der Waals surface area contributed by atoms with Gasteiger partial charge in [0.2, 0.25) is 0 Å². The Bertz CT molecular complexity index is 325. The van der Waals surface area contributed by atoms with Crippen LogP contribution in [0.2, 0.25) is 0 Å². The van der Waals surface area contributed by atoms with Gasteiger partial charge in [0.25, 0.3) is 0 Å². The second-order valence-corrected chi connectivity index (χ2v) is 3.20. The summed E-state index contributed by atoms with van der Waals surface area (Å²) in [5, 5.41) is 3.13. The van der Waals surface area contributed by atoms with E-state index in [0.29, 0.717) is 3.57 Å². The molecule has 0 aliphatic rings. The molecule has 0 amide bonds. The average Bonchev–Trinajstić information content (AvgIpc) is 2.06. The fraction of sp³-hybridized carbons (Fsp3) is 0. The van der Waals surface area contributed by atoms with E-state index in [0.717, 1.165) is 12.3 Å². The van der Waals surface area contributed by atoms with Gasteiger partial charge in [-0.15, -0.1) is 0 Å². The Labute approximate surface area is 81.6 Å². The molecule has 0 unspecified atom stereocenters. The van der Waals surface area contributed by atoms with Crippen LogP contribution in [0, 0.1) is 15.2 Å². The van der Waals surface area contributed by atoms with Crippen LogP contribution in [0.3, 0.4) is 0 Å². The van der Waals surface area contributed by atoms with Crippen LogP contribution in [0.25, 0.3) is 0 Å². The van der Waals surface area contributed by atoms with Gasteiger partial charge in [-0.2, -0.15) is 5.10 Å². The van der Waals surface area contributed by atoms with E-state index in [1.807, 2.05) is 22.6 Å². The number of benzene rings is 1. The maximum atomic E-state index is 12.9. The summed E-state index contributed by atoms with van der Waals surface area (Å²) in [6, 6.07) is 2.51. The second-order valence-electron chi connectivity index (χ2n) is 2.04. The Morgan fingerprint density at radius 1 is 1.42 bits per heavy atom. The van der Waals surface area contributed by atoms with Crippen molar-refractivity contribution in [2.75, 3.05) is 0 Å². The summed E-state index contributed by atoms with van der Waals surface area (Å²) >= 11 is 1.87. The molecule has 1 rings (SSSR count). The first-order valence-electron chi connectivity index (χ1n) is 3.03. The fourth-order valence-corrected chi connectivity index (χ4v) is 1.29. The van der Waals surface area contributed by atoms with Crippen molar-refractivity contribution in [3.05, 3.63) is 32.9 Å². The minimum absolute atomic E-state index is 0.0816. The van der Waals surface area contributed by atoms with Gasteiger partial charge in [-0.1, -0.05) is 0 Å². The molecule has 0 spiro atoms. The summed E-state index contributed by atoms with van der Waals surface area (Å²) in [6.45, 7) is 0. The Morgan fingerprint density at radius 3 is 2.67 bits per heavy atom. The maximum absolute atomic E-state index is 12.9. The summed E-state index contributed by atoms with van der Waals surface area (Å²) < 4.78 is 26.1. The lowest BCUT2D eigenvalue weighted by atomic mass is 10.2. The number of hydrogen-bond acceptors (Lipinski definition) is 2. The maximum Gasteiger partial charge on any atom is 0.168 e. The fourth-order valence-electron chi connectivity index (χ4n) is 0.736. The number of nitrogens with two attached hydrogens (primary N) is 1. The lowest BCUT2D eigenvalue weighted by Crippen LogP contribution is -1.98. The van der Waals surface area contributed by atoms with E-state index >= 15 is 0 Å². The Kier molecular flexibility index (Phi) is 2.96. The van der Waals surface area contributed by atoms with Crippen LogP contribution in [0.1, 0.15) is 5.56 Å². The molecule has 0 saturated heterocycles. The van der Waals surface area contributed by atoms with E-state index in [-0.39, 0.29) is 5.56 Å². The molecule has 0 radical (unpaired) electrons. The largest absolute Gasteiger partial charge is 0.323 e. The first kappa shape index (κ1) is 9.37.